The zero-order valence-electron chi connectivity index (χ0n) is 9.46. The minimum absolute atomic E-state index is 0.244. The van der Waals surface area contributed by atoms with Crippen LogP contribution in [0.3, 0.4) is 0 Å². The maximum Gasteiger partial charge on any atom is 0.522 e. The van der Waals surface area contributed by atoms with E-state index in [-0.39, 0.29) is 13.2 Å². The largest absolute Gasteiger partial charge is 0.522 e. The second-order valence-corrected chi connectivity index (χ2v) is 4.28. The van der Waals surface area contributed by atoms with Crippen LogP contribution in [0.25, 0.3) is 0 Å². The van der Waals surface area contributed by atoms with Crippen LogP contribution in [0.15, 0.2) is 0 Å². The standard InChI is InChI=1S/C10H16F3NO3/c11-10(12,13)17-5-4-14-3-1-2-9(8-14)15-6-7-16-9/h1-8H2. The molecule has 2 aliphatic heterocycles. The molecule has 2 saturated heterocycles. The Kier molecular flexibility index (Phi) is 3.92. The molecule has 0 aromatic heterocycles. The maximum absolute atomic E-state index is 11.8. The number of likely N-dealkylation sites (tertiary alicyclic amines) is 1. The Morgan fingerprint density at radius 2 is 1.94 bits per heavy atom. The van der Waals surface area contributed by atoms with E-state index in [9.17, 15) is 13.2 Å². The molecular formula is C10H16F3NO3. The number of hydrogen-bond acceptors (Lipinski definition) is 4. The van der Waals surface area contributed by atoms with Crippen LogP contribution >= 0.6 is 0 Å². The van der Waals surface area contributed by atoms with Gasteiger partial charge in [0, 0.05) is 13.0 Å². The number of piperidine rings is 1. The van der Waals surface area contributed by atoms with Gasteiger partial charge in [0.1, 0.15) is 0 Å². The van der Waals surface area contributed by atoms with Crippen molar-refractivity contribution < 1.29 is 27.4 Å². The van der Waals surface area contributed by atoms with E-state index in [0.29, 0.717) is 19.8 Å². The average Bonchev–Trinajstić information content (AvgIpc) is 2.64. The van der Waals surface area contributed by atoms with Gasteiger partial charge in [-0.05, 0) is 13.0 Å². The van der Waals surface area contributed by atoms with Gasteiger partial charge in [-0.3, -0.25) is 9.64 Å². The number of ether oxygens (including phenoxy) is 3. The van der Waals surface area contributed by atoms with Crippen molar-refractivity contribution in [2.24, 2.45) is 0 Å². The van der Waals surface area contributed by atoms with Crippen molar-refractivity contribution in [1.29, 1.82) is 0 Å². The van der Waals surface area contributed by atoms with Gasteiger partial charge in [0.25, 0.3) is 0 Å². The summed E-state index contributed by atoms with van der Waals surface area (Å²) >= 11 is 0. The van der Waals surface area contributed by atoms with Crippen molar-refractivity contribution >= 4 is 0 Å². The fourth-order valence-electron chi connectivity index (χ4n) is 2.28. The lowest BCUT2D eigenvalue weighted by molar-refractivity contribution is -0.325. The first kappa shape index (κ1) is 13.1. The van der Waals surface area contributed by atoms with Gasteiger partial charge in [-0.2, -0.15) is 0 Å². The van der Waals surface area contributed by atoms with Crippen LogP contribution in [0, 0.1) is 0 Å². The minimum Gasteiger partial charge on any atom is -0.346 e. The highest BCUT2D eigenvalue weighted by molar-refractivity contribution is 4.83. The van der Waals surface area contributed by atoms with E-state index in [1.165, 1.54) is 0 Å². The number of hydrogen-bond donors (Lipinski definition) is 0. The molecule has 100 valence electrons. The van der Waals surface area contributed by atoms with E-state index in [0.717, 1.165) is 19.4 Å². The Bertz CT molecular complexity index is 254. The summed E-state index contributed by atoms with van der Waals surface area (Å²) in [4.78, 5) is 1.89. The smallest absolute Gasteiger partial charge is 0.346 e. The highest BCUT2D eigenvalue weighted by Crippen LogP contribution is 2.29. The Balaban J connectivity index is 1.74. The van der Waals surface area contributed by atoms with Crippen LogP contribution in [0.5, 0.6) is 0 Å². The van der Waals surface area contributed by atoms with Crippen molar-refractivity contribution in [1.82, 2.24) is 4.90 Å². The molecular weight excluding hydrogens is 239 g/mol. The van der Waals surface area contributed by atoms with E-state index in [2.05, 4.69) is 4.74 Å². The SMILES string of the molecule is FC(F)(F)OCCN1CCCC2(C1)OCCO2. The van der Waals surface area contributed by atoms with Gasteiger partial charge in [-0.1, -0.05) is 0 Å². The minimum atomic E-state index is -4.55. The van der Waals surface area contributed by atoms with Gasteiger partial charge in [-0.25, -0.2) is 0 Å². The molecule has 0 radical (unpaired) electrons. The Hall–Kier alpha value is -0.370. The number of nitrogens with zero attached hydrogens (tertiary/aromatic N) is 1. The molecule has 0 atom stereocenters. The van der Waals surface area contributed by atoms with Crippen LogP contribution < -0.4 is 0 Å². The molecule has 0 bridgehead atoms. The van der Waals surface area contributed by atoms with Gasteiger partial charge in [-0.15, -0.1) is 13.2 Å². The first-order valence-corrected chi connectivity index (χ1v) is 5.70. The van der Waals surface area contributed by atoms with E-state index in [1.54, 1.807) is 0 Å². The lowest BCUT2D eigenvalue weighted by atomic mass is 10.0. The van der Waals surface area contributed by atoms with Crippen molar-refractivity contribution in [3.8, 4) is 0 Å². The molecule has 0 amide bonds. The predicted octanol–water partition coefficient (Wildman–Crippen LogP) is 1.36. The zero-order chi connectivity index (χ0) is 12.4. The fourth-order valence-corrected chi connectivity index (χ4v) is 2.28. The lowest BCUT2D eigenvalue weighted by Crippen LogP contribution is -2.49. The van der Waals surface area contributed by atoms with Crippen LogP contribution in [-0.4, -0.2) is 56.5 Å². The third-order valence-electron chi connectivity index (χ3n) is 2.98. The van der Waals surface area contributed by atoms with Crippen molar-refractivity contribution in [3.63, 3.8) is 0 Å². The summed E-state index contributed by atoms with van der Waals surface area (Å²) in [5, 5.41) is 0. The Labute approximate surface area is 97.6 Å². The predicted molar refractivity (Wildman–Crippen MR) is 52.3 cm³/mol. The second-order valence-electron chi connectivity index (χ2n) is 4.28. The summed E-state index contributed by atoms with van der Waals surface area (Å²) in [5.41, 5.74) is 0. The van der Waals surface area contributed by atoms with Crippen LogP contribution in [0.4, 0.5) is 13.2 Å². The van der Waals surface area contributed by atoms with Crippen LogP contribution in [0.2, 0.25) is 0 Å². The molecule has 0 aromatic carbocycles. The first-order chi connectivity index (χ1) is 7.99. The van der Waals surface area contributed by atoms with E-state index in [4.69, 9.17) is 9.47 Å². The summed E-state index contributed by atoms with van der Waals surface area (Å²) < 4.78 is 50.3. The molecule has 0 aromatic rings. The van der Waals surface area contributed by atoms with E-state index >= 15 is 0 Å². The molecule has 0 unspecified atom stereocenters. The first-order valence-electron chi connectivity index (χ1n) is 5.70. The van der Waals surface area contributed by atoms with Crippen molar-refractivity contribution in [2.75, 3.05) is 39.5 Å². The highest BCUT2D eigenvalue weighted by Gasteiger charge is 2.40. The summed E-state index contributed by atoms with van der Waals surface area (Å²) in [7, 11) is 0. The molecule has 1 spiro atoms. The van der Waals surface area contributed by atoms with Crippen LogP contribution in [0.1, 0.15) is 12.8 Å². The van der Waals surface area contributed by atoms with Crippen LogP contribution in [-0.2, 0) is 14.2 Å². The zero-order valence-corrected chi connectivity index (χ0v) is 9.46. The summed E-state index contributed by atoms with van der Waals surface area (Å²) in [6.45, 7) is 2.30. The quantitative estimate of drug-likeness (QED) is 0.762. The van der Waals surface area contributed by atoms with Gasteiger partial charge >= 0.3 is 6.36 Å². The molecule has 7 heteroatoms. The monoisotopic (exact) mass is 255 g/mol. The van der Waals surface area contributed by atoms with Crippen molar-refractivity contribution in [3.05, 3.63) is 0 Å². The topological polar surface area (TPSA) is 30.9 Å². The van der Waals surface area contributed by atoms with Gasteiger partial charge in [0.05, 0.1) is 26.4 Å². The average molecular weight is 255 g/mol. The molecule has 0 saturated carbocycles. The summed E-state index contributed by atoms with van der Waals surface area (Å²) in [6, 6.07) is 0. The van der Waals surface area contributed by atoms with Gasteiger partial charge < -0.3 is 9.47 Å². The number of alkyl halides is 3. The second kappa shape index (κ2) is 5.09. The molecule has 0 N–H and O–H groups in total. The third kappa shape index (κ3) is 3.80. The summed E-state index contributed by atoms with van der Waals surface area (Å²) in [6.07, 6.45) is -2.87. The molecule has 2 heterocycles. The maximum atomic E-state index is 11.8. The summed E-state index contributed by atoms with van der Waals surface area (Å²) in [5.74, 6) is -0.587. The molecule has 2 aliphatic rings. The molecule has 0 aliphatic carbocycles. The Morgan fingerprint density at radius 1 is 1.24 bits per heavy atom. The highest BCUT2D eigenvalue weighted by atomic mass is 19.4. The number of rotatable bonds is 3. The van der Waals surface area contributed by atoms with Gasteiger partial charge in [0.2, 0.25) is 0 Å². The normalized spacial score (nSPS) is 25.6. The molecule has 4 nitrogen and oxygen atoms in total. The third-order valence-corrected chi connectivity index (χ3v) is 2.98. The lowest BCUT2D eigenvalue weighted by Gasteiger charge is -2.38. The fraction of sp³-hybridized carbons (Fsp3) is 1.00. The molecule has 17 heavy (non-hydrogen) atoms. The van der Waals surface area contributed by atoms with Crippen molar-refractivity contribution in [2.45, 2.75) is 25.0 Å². The molecule has 2 fully saturated rings. The number of halogens is 3. The molecule has 2 rings (SSSR count). The van der Waals surface area contributed by atoms with E-state index < -0.39 is 12.1 Å². The van der Waals surface area contributed by atoms with Gasteiger partial charge in [0.15, 0.2) is 5.79 Å². The Morgan fingerprint density at radius 3 is 2.59 bits per heavy atom. The van der Waals surface area contributed by atoms with E-state index in [1.807, 2.05) is 4.90 Å².